The number of carboxylic acids is 1. The van der Waals surface area contributed by atoms with E-state index >= 15 is 0 Å². The number of benzene rings is 3. The summed E-state index contributed by atoms with van der Waals surface area (Å²) in [5.74, 6) is -0.0259. The van der Waals surface area contributed by atoms with Crippen LogP contribution >= 0.6 is 0 Å². The van der Waals surface area contributed by atoms with Crippen LogP contribution in [0.2, 0.25) is 0 Å². The van der Waals surface area contributed by atoms with Crippen molar-refractivity contribution in [3.8, 4) is 28.0 Å². The van der Waals surface area contributed by atoms with E-state index in [0.717, 1.165) is 47.5 Å². The number of aromatic carboxylic acids is 1. The van der Waals surface area contributed by atoms with E-state index in [9.17, 15) is 9.90 Å². The van der Waals surface area contributed by atoms with Crippen LogP contribution in [0.15, 0.2) is 60.7 Å². The van der Waals surface area contributed by atoms with Crippen molar-refractivity contribution in [1.29, 1.82) is 0 Å². The highest BCUT2D eigenvalue weighted by molar-refractivity contribution is 5.88. The Labute approximate surface area is 228 Å². The Morgan fingerprint density at radius 3 is 2.13 bits per heavy atom. The maximum absolute atomic E-state index is 11.3. The Hall–Kier alpha value is -3.11. The number of rotatable bonds is 11. The standard InChI is InChI=1S/C34H43NO3/c1-6-7-19-35-20-8-21-38-31-16-14-26(24-9-11-25(12-10-24)32(36)37)22-28(31)27-13-15-29-30(23-27)34(4,5)18-17-33(29,2)3/h9-16,22-23,35H,6-8,17-21H2,1-5H3,(H,36,37). The molecule has 0 aromatic heterocycles. The normalized spacial score (nSPS) is 15.6. The van der Waals surface area contributed by atoms with Crippen molar-refractivity contribution < 1.29 is 14.6 Å². The lowest BCUT2D eigenvalue weighted by atomic mass is 9.63. The molecule has 4 nitrogen and oxygen atoms in total. The number of fused-ring (bicyclic) bond motifs is 1. The minimum absolute atomic E-state index is 0.121. The van der Waals surface area contributed by atoms with Gasteiger partial charge in [-0.3, -0.25) is 0 Å². The van der Waals surface area contributed by atoms with E-state index in [0.29, 0.717) is 12.2 Å². The van der Waals surface area contributed by atoms with Gasteiger partial charge in [0.15, 0.2) is 0 Å². The average molecular weight is 514 g/mol. The van der Waals surface area contributed by atoms with Gasteiger partial charge in [0.25, 0.3) is 0 Å². The molecule has 0 bridgehead atoms. The Morgan fingerprint density at radius 1 is 0.816 bits per heavy atom. The second kappa shape index (κ2) is 11.7. The van der Waals surface area contributed by atoms with E-state index in [1.807, 2.05) is 12.1 Å². The highest BCUT2D eigenvalue weighted by Gasteiger charge is 2.37. The van der Waals surface area contributed by atoms with Crippen LogP contribution in [0.5, 0.6) is 5.75 Å². The van der Waals surface area contributed by atoms with E-state index in [-0.39, 0.29) is 10.8 Å². The number of ether oxygens (including phenoxy) is 1. The SMILES string of the molecule is CCCCNCCCOc1ccc(-c2ccc(C(=O)O)cc2)cc1-c1ccc2c(c1)C(C)(C)CCC2(C)C. The Morgan fingerprint density at radius 2 is 1.45 bits per heavy atom. The molecule has 3 aromatic carbocycles. The fourth-order valence-electron chi connectivity index (χ4n) is 5.43. The van der Waals surface area contributed by atoms with Gasteiger partial charge in [0, 0.05) is 5.56 Å². The Bertz CT molecular complexity index is 1260. The van der Waals surface area contributed by atoms with Gasteiger partial charge in [-0.15, -0.1) is 0 Å². The number of unbranched alkanes of at least 4 members (excludes halogenated alkanes) is 1. The van der Waals surface area contributed by atoms with E-state index in [1.54, 1.807) is 12.1 Å². The zero-order chi connectivity index (χ0) is 27.3. The summed E-state index contributed by atoms with van der Waals surface area (Å²) < 4.78 is 6.36. The molecule has 202 valence electrons. The van der Waals surface area contributed by atoms with Crippen LogP contribution in [0.3, 0.4) is 0 Å². The smallest absolute Gasteiger partial charge is 0.335 e. The van der Waals surface area contributed by atoms with Crippen molar-refractivity contribution >= 4 is 5.97 Å². The fourth-order valence-corrected chi connectivity index (χ4v) is 5.43. The average Bonchev–Trinajstić information content (AvgIpc) is 2.91. The zero-order valence-corrected chi connectivity index (χ0v) is 23.7. The first-order valence-corrected chi connectivity index (χ1v) is 14.1. The number of hydrogen-bond acceptors (Lipinski definition) is 3. The summed E-state index contributed by atoms with van der Waals surface area (Å²) in [4.78, 5) is 11.3. The van der Waals surface area contributed by atoms with Crippen LogP contribution in [0.4, 0.5) is 0 Å². The van der Waals surface area contributed by atoms with Crippen LogP contribution in [0.25, 0.3) is 22.3 Å². The zero-order valence-electron chi connectivity index (χ0n) is 23.7. The minimum atomic E-state index is -0.912. The van der Waals surface area contributed by atoms with Crippen molar-refractivity contribution in [2.45, 2.75) is 77.6 Å². The van der Waals surface area contributed by atoms with Crippen LogP contribution in [-0.4, -0.2) is 30.8 Å². The molecule has 2 N–H and O–H groups in total. The van der Waals surface area contributed by atoms with Gasteiger partial charge in [-0.2, -0.15) is 0 Å². The summed E-state index contributed by atoms with van der Waals surface area (Å²) >= 11 is 0. The molecule has 0 atom stereocenters. The second-order valence-electron chi connectivity index (χ2n) is 11.9. The summed E-state index contributed by atoms with van der Waals surface area (Å²) in [5, 5.41) is 12.8. The molecule has 0 saturated heterocycles. The molecule has 4 rings (SSSR count). The third-order valence-electron chi connectivity index (χ3n) is 8.07. The van der Waals surface area contributed by atoms with Crippen LogP contribution < -0.4 is 10.1 Å². The van der Waals surface area contributed by atoms with Gasteiger partial charge in [-0.25, -0.2) is 4.79 Å². The third-order valence-corrected chi connectivity index (χ3v) is 8.07. The van der Waals surface area contributed by atoms with E-state index in [1.165, 1.54) is 36.8 Å². The summed E-state index contributed by atoms with van der Waals surface area (Å²) in [6, 6.07) is 20.3. The molecule has 0 aliphatic heterocycles. The summed E-state index contributed by atoms with van der Waals surface area (Å²) in [6.07, 6.45) is 5.71. The maximum atomic E-state index is 11.3. The van der Waals surface area contributed by atoms with Crippen molar-refractivity contribution in [2.75, 3.05) is 19.7 Å². The Kier molecular flexibility index (Phi) is 8.62. The van der Waals surface area contributed by atoms with Crippen molar-refractivity contribution in [2.24, 2.45) is 0 Å². The molecule has 0 amide bonds. The van der Waals surface area contributed by atoms with Crippen LogP contribution in [-0.2, 0) is 10.8 Å². The number of carbonyl (C=O) groups is 1. The topological polar surface area (TPSA) is 58.6 Å². The summed E-state index contributed by atoms with van der Waals surface area (Å²) in [7, 11) is 0. The lowest BCUT2D eigenvalue weighted by molar-refractivity contribution is 0.0697. The first-order valence-electron chi connectivity index (χ1n) is 14.1. The lowest BCUT2D eigenvalue weighted by Crippen LogP contribution is -2.33. The van der Waals surface area contributed by atoms with Gasteiger partial charge in [-0.1, -0.05) is 77.4 Å². The second-order valence-corrected chi connectivity index (χ2v) is 11.9. The molecule has 0 spiro atoms. The molecule has 0 unspecified atom stereocenters. The van der Waals surface area contributed by atoms with Crippen molar-refractivity contribution in [1.82, 2.24) is 5.32 Å². The maximum Gasteiger partial charge on any atom is 0.335 e. The van der Waals surface area contributed by atoms with E-state index < -0.39 is 5.97 Å². The highest BCUT2D eigenvalue weighted by atomic mass is 16.5. The molecule has 0 radical (unpaired) electrons. The third kappa shape index (κ3) is 6.30. The minimum Gasteiger partial charge on any atom is -0.493 e. The lowest BCUT2D eigenvalue weighted by Gasteiger charge is -2.42. The monoisotopic (exact) mass is 513 g/mol. The number of nitrogens with one attached hydrogen (secondary N) is 1. The molecule has 0 fully saturated rings. The van der Waals surface area contributed by atoms with Crippen LogP contribution in [0, 0.1) is 0 Å². The molecule has 3 aromatic rings. The van der Waals surface area contributed by atoms with Gasteiger partial charge >= 0.3 is 5.97 Å². The fraction of sp³-hybridized carbons (Fsp3) is 0.441. The molecule has 1 aliphatic rings. The number of carboxylic acid groups (broad SMARTS) is 1. The predicted molar refractivity (Wildman–Crippen MR) is 157 cm³/mol. The molecule has 0 saturated carbocycles. The molecule has 38 heavy (non-hydrogen) atoms. The van der Waals surface area contributed by atoms with E-state index in [2.05, 4.69) is 76.3 Å². The summed E-state index contributed by atoms with van der Waals surface area (Å²) in [6.45, 7) is 14.3. The highest BCUT2D eigenvalue weighted by Crippen LogP contribution is 2.47. The molecular formula is C34H43NO3. The van der Waals surface area contributed by atoms with Crippen LogP contribution in [0.1, 0.15) is 88.2 Å². The van der Waals surface area contributed by atoms with Crippen molar-refractivity contribution in [3.63, 3.8) is 0 Å². The molecule has 1 aliphatic carbocycles. The summed E-state index contributed by atoms with van der Waals surface area (Å²) in [5.41, 5.74) is 7.72. The van der Waals surface area contributed by atoms with Gasteiger partial charge in [0.1, 0.15) is 5.75 Å². The van der Waals surface area contributed by atoms with Crippen molar-refractivity contribution in [3.05, 3.63) is 77.4 Å². The first kappa shape index (κ1) is 27.9. The quantitative estimate of drug-likeness (QED) is 0.254. The Balaban J connectivity index is 1.68. The van der Waals surface area contributed by atoms with E-state index in [4.69, 9.17) is 4.74 Å². The van der Waals surface area contributed by atoms with Gasteiger partial charge in [-0.05, 0) is 102 Å². The molecule has 4 heteroatoms. The molecular weight excluding hydrogens is 470 g/mol. The van der Waals surface area contributed by atoms with Gasteiger partial charge < -0.3 is 15.2 Å². The molecule has 0 heterocycles. The largest absolute Gasteiger partial charge is 0.493 e. The van der Waals surface area contributed by atoms with Gasteiger partial charge in [0.2, 0.25) is 0 Å². The van der Waals surface area contributed by atoms with Gasteiger partial charge in [0.05, 0.1) is 12.2 Å². The number of hydrogen-bond donors (Lipinski definition) is 2. The first-order chi connectivity index (χ1) is 18.1. The predicted octanol–water partition coefficient (Wildman–Crippen LogP) is 8.23.